The van der Waals surface area contributed by atoms with E-state index in [1.807, 2.05) is 62.4 Å². The van der Waals surface area contributed by atoms with E-state index in [9.17, 15) is 4.79 Å². The van der Waals surface area contributed by atoms with Crippen LogP contribution < -0.4 is 10.1 Å². The molecule has 0 saturated carbocycles. The molecule has 0 aliphatic rings. The van der Waals surface area contributed by atoms with Crippen molar-refractivity contribution < 1.29 is 13.9 Å². The van der Waals surface area contributed by atoms with Crippen molar-refractivity contribution >= 4 is 44.2 Å². The minimum absolute atomic E-state index is 0.249. The van der Waals surface area contributed by atoms with E-state index in [1.165, 1.54) is 0 Å². The molecule has 0 unspecified atom stereocenters. The number of hydrogen-bond donors (Lipinski definition) is 1. The Morgan fingerprint density at radius 2 is 2.03 bits per heavy atom. The topological polar surface area (TPSA) is 64.4 Å². The quantitative estimate of drug-likeness (QED) is 0.328. The number of aromatic nitrogens is 1. The fourth-order valence-corrected chi connectivity index (χ4v) is 3.85. The first-order valence-electron chi connectivity index (χ1n) is 9.72. The van der Waals surface area contributed by atoms with Crippen LogP contribution in [0.3, 0.4) is 0 Å². The van der Waals surface area contributed by atoms with Crippen LogP contribution in [0, 0.1) is 6.92 Å². The van der Waals surface area contributed by atoms with E-state index in [-0.39, 0.29) is 5.91 Å². The third-order valence-corrected chi connectivity index (χ3v) is 5.55. The third kappa shape index (κ3) is 4.39. The van der Waals surface area contributed by atoms with Crippen LogP contribution in [-0.4, -0.2) is 18.0 Å². The van der Waals surface area contributed by atoms with Gasteiger partial charge in [-0.2, -0.15) is 0 Å². The van der Waals surface area contributed by atoms with Gasteiger partial charge in [0.25, 0.3) is 0 Å². The van der Waals surface area contributed by atoms with Gasteiger partial charge in [0.05, 0.1) is 13.4 Å². The van der Waals surface area contributed by atoms with Gasteiger partial charge in [0.2, 0.25) is 5.91 Å². The number of nitrogens with one attached hydrogen (secondary N) is 1. The van der Waals surface area contributed by atoms with E-state index >= 15 is 0 Å². The van der Waals surface area contributed by atoms with Gasteiger partial charge in [-0.1, -0.05) is 34.1 Å². The number of fused-ring (bicyclic) bond motifs is 1. The second-order valence-corrected chi connectivity index (χ2v) is 8.11. The summed E-state index contributed by atoms with van der Waals surface area (Å²) >= 11 is 3.52. The van der Waals surface area contributed by atoms with Gasteiger partial charge in [-0.3, -0.25) is 4.79 Å². The molecule has 6 heteroatoms. The van der Waals surface area contributed by atoms with Crippen LogP contribution in [0.25, 0.3) is 27.7 Å². The minimum Gasteiger partial charge on any atom is -0.496 e. The second kappa shape index (κ2) is 8.78. The Balaban J connectivity index is 1.73. The second-order valence-electron chi connectivity index (χ2n) is 7.19. The van der Waals surface area contributed by atoms with Crippen LogP contribution >= 0.6 is 15.9 Å². The van der Waals surface area contributed by atoms with Crippen LogP contribution in [0.4, 0.5) is 5.82 Å². The SMILES string of the molecule is COc1cc2occ(-c3cccc(Br)c3)c2cc1/C(C)=C/C(=O)Nc1ncccc1C. The first-order valence-corrected chi connectivity index (χ1v) is 10.5. The summed E-state index contributed by atoms with van der Waals surface area (Å²) in [6.07, 6.45) is 4.94. The van der Waals surface area contributed by atoms with Crippen LogP contribution in [-0.2, 0) is 4.79 Å². The number of amides is 1. The molecule has 31 heavy (non-hydrogen) atoms. The van der Waals surface area contributed by atoms with Crippen molar-refractivity contribution in [2.24, 2.45) is 0 Å². The summed E-state index contributed by atoms with van der Waals surface area (Å²) in [6.45, 7) is 3.78. The van der Waals surface area contributed by atoms with E-state index in [0.717, 1.165) is 43.3 Å². The van der Waals surface area contributed by atoms with Gasteiger partial charge < -0.3 is 14.5 Å². The Kier molecular flexibility index (Phi) is 5.91. The number of aryl methyl sites for hydroxylation is 1. The first kappa shape index (κ1) is 20.9. The van der Waals surface area contributed by atoms with Crippen molar-refractivity contribution in [1.29, 1.82) is 0 Å². The molecule has 2 heterocycles. The summed E-state index contributed by atoms with van der Waals surface area (Å²) in [4.78, 5) is 16.8. The molecule has 5 nitrogen and oxygen atoms in total. The van der Waals surface area contributed by atoms with Gasteiger partial charge in [0.1, 0.15) is 17.2 Å². The number of rotatable bonds is 5. The van der Waals surface area contributed by atoms with E-state index in [4.69, 9.17) is 9.15 Å². The standard InChI is InChI=1S/C25H21BrN2O3/c1-15-6-5-9-27-25(15)28-24(29)10-16(2)19-12-20-21(17-7-4-8-18(26)11-17)14-31-23(20)13-22(19)30-3/h4-14H,1-3H3,(H,27,28,29)/b16-10+. The molecule has 0 spiro atoms. The number of methoxy groups -OCH3 is 1. The number of benzene rings is 2. The highest BCUT2D eigenvalue weighted by atomic mass is 79.9. The number of anilines is 1. The summed E-state index contributed by atoms with van der Waals surface area (Å²) < 4.78 is 12.4. The fraction of sp³-hybridized carbons (Fsp3) is 0.120. The van der Waals surface area contributed by atoms with Crippen molar-refractivity contribution in [1.82, 2.24) is 4.98 Å². The maximum Gasteiger partial charge on any atom is 0.249 e. The predicted octanol–water partition coefficient (Wildman–Crippen LogP) is 6.62. The summed E-state index contributed by atoms with van der Waals surface area (Å²) in [5, 5.41) is 3.78. The van der Waals surface area contributed by atoms with Crippen molar-refractivity contribution in [2.45, 2.75) is 13.8 Å². The average molecular weight is 477 g/mol. The molecule has 4 aromatic rings. The van der Waals surface area contributed by atoms with Gasteiger partial charge in [-0.05, 0) is 54.8 Å². The molecule has 1 amide bonds. The summed E-state index contributed by atoms with van der Waals surface area (Å²) in [7, 11) is 1.60. The van der Waals surface area contributed by atoms with Crippen LogP contribution in [0.5, 0.6) is 5.75 Å². The third-order valence-electron chi connectivity index (χ3n) is 5.05. The zero-order valence-electron chi connectivity index (χ0n) is 17.4. The van der Waals surface area contributed by atoms with Crippen LogP contribution in [0.1, 0.15) is 18.1 Å². The van der Waals surface area contributed by atoms with Crippen molar-refractivity contribution in [3.05, 3.63) is 82.7 Å². The smallest absolute Gasteiger partial charge is 0.249 e. The molecule has 1 N–H and O–H groups in total. The van der Waals surface area contributed by atoms with Gasteiger partial charge in [-0.25, -0.2) is 4.98 Å². The van der Waals surface area contributed by atoms with Crippen molar-refractivity contribution in [3.63, 3.8) is 0 Å². The molecule has 0 radical (unpaired) electrons. The molecule has 156 valence electrons. The van der Waals surface area contributed by atoms with Crippen LogP contribution in [0.2, 0.25) is 0 Å². The van der Waals surface area contributed by atoms with E-state index in [0.29, 0.717) is 11.6 Å². The van der Waals surface area contributed by atoms with Crippen molar-refractivity contribution in [3.8, 4) is 16.9 Å². The number of ether oxygens (including phenoxy) is 1. The number of carbonyl (C=O) groups is 1. The lowest BCUT2D eigenvalue weighted by molar-refractivity contribution is -0.111. The first-order chi connectivity index (χ1) is 15.0. The van der Waals surface area contributed by atoms with E-state index in [1.54, 1.807) is 25.6 Å². The molecule has 4 rings (SSSR count). The average Bonchev–Trinajstić information content (AvgIpc) is 3.17. The zero-order valence-corrected chi connectivity index (χ0v) is 19.0. The lowest BCUT2D eigenvalue weighted by atomic mass is 9.99. The van der Waals surface area contributed by atoms with Crippen molar-refractivity contribution in [2.75, 3.05) is 12.4 Å². The maximum atomic E-state index is 12.6. The molecular formula is C25H21BrN2O3. The number of furan rings is 1. The minimum atomic E-state index is -0.249. The zero-order chi connectivity index (χ0) is 22.0. The Bertz CT molecular complexity index is 1310. The van der Waals surface area contributed by atoms with Crippen LogP contribution in [0.15, 0.2) is 76.0 Å². The molecule has 0 aliphatic heterocycles. The van der Waals surface area contributed by atoms with Gasteiger partial charge in [0, 0.05) is 39.3 Å². The van der Waals surface area contributed by atoms with E-state index in [2.05, 4.69) is 26.2 Å². The maximum absolute atomic E-state index is 12.6. The fourth-order valence-electron chi connectivity index (χ4n) is 3.46. The molecule has 0 atom stereocenters. The molecule has 0 saturated heterocycles. The predicted molar refractivity (Wildman–Crippen MR) is 127 cm³/mol. The number of nitrogens with zero attached hydrogens (tertiary/aromatic N) is 1. The van der Waals surface area contributed by atoms with Gasteiger partial charge in [0.15, 0.2) is 0 Å². The Morgan fingerprint density at radius 1 is 1.19 bits per heavy atom. The lowest BCUT2D eigenvalue weighted by Crippen LogP contribution is -2.11. The Labute approximate surface area is 188 Å². The number of hydrogen-bond acceptors (Lipinski definition) is 4. The molecular weight excluding hydrogens is 456 g/mol. The molecule has 2 aromatic heterocycles. The van der Waals surface area contributed by atoms with E-state index < -0.39 is 0 Å². The highest BCUT2D eigenvalue weighted by Gasteiger charge is 2.15. The number of pyridine rings is 1. The molecule has 0 aliphatic carbocycles. The number of halogens is 1. The molecule has 2 aromatic carbocycles. The Morgan fingerprint density at radius 3 is 2.77 bits per heavy atom. The highest BCUT2D eigenvalue weighted by Crippen LogP contribution is 2.37. The summed E-state index contributed by atoms with van der Waals surface area (Å²) in [6, 6.07) is 15.6. The Hall–Kier alpha value is -3.38. The normalized spacial score (nSPS) is 11.5. The summed E-state index contributed by atoms with van der Waals surface area (Å²) in [5.41, 5.74) is 5.22. The monoisotopic (exact) mass is 476 g/mol. The highest BCUT2D eigenvalue weighted by molar-refractivity contribution is 9.10. The summed E-state index contributed by atoms with van der Waals surface area (Å²) in [5.74, 6) is 0.935. The number of carbonyl (C=O) groups excluding carboxylic acids is 1. The number of allylic oxidation sites excluding steroid dienone is 1. The largest absolute Gasteiger partial charge is 0.496 e. The lowest BCUT2D eigenvalue weighted by Gasteiger charge is -2.10. The van der Waals surface area contributed by atoms with Gasteiger partial charge >= 0.3 is 0 Å². The van der Waals surface area contributed by atoms with Gasteiger partial charge in [-0.15, -0.1) is 0 Å². The molecule has 0 fully saturated rings. The molecule has 0 bridgehead atoms.